The first-order chi connectivity index (χ1) is 12.0. The highest BCUT2D eigenvalue weighted by Crippen LogP contribution is 2.22. The fourth-order valence-electron chi connectivity index (χ4n) is 3.19. The summed E-state index contributed by atoms with van der Waals surface area (Å²) >= 11 is 0. The lowest BCUT2D eigenvalue weighted by Crippen LogP contribution is -2.37. The maximum Gasteiger partial charge on any atom is 0.272 e. The molecule has 1 aliphatic heterocycles. The van der Waals surface area contributed by atoms with Crippen LogP contribution in [0.15, 0.2) is 30.9 Å². The summed E-state index contributed by atoms with van der Waals surface area (Å²) in [6, 6.07) is 5.85. The third kappa shape index (κ3) is 3.47. The van der Waals surface area contributed by atoms with Gasteiger partial charge in [0.1, 0.15) is 0 Å². The summed E-state index contributed by atoms with van der Waals surface area (Å²) in [5.41, 5.74) is 4.89. The van der Waals surface area contributed by atoms with Crippen LogP contribution in [0.5, 0.6) is 0 Å². The van der Waals surface area contributed by atoms with E-state index in [1.165, 1.54) is 0 Å². The molecule has 0 bridgehead atoms. The number of hydrogen-bond acceptors (Lipinski definition) is 3. The second-order valence-electron chi connectivity index (χ2n) is 6.38. The molecule has 6 heteroatoms. The molecule has 0 spiro atoms. The largest absolute Gasteiger partial charge is 0.347 e. The Morgan fingerprint density at radius 1 is 1.32 bits per heavy atom. The predicted octanol–water partition coefficient (Wildman–Crippen LogP) is 2.14. The van der Waals surface area contributed by atoms with Gasteiger partial charge in [-0.05, 0) is 26.0 Å². The lowest BCUT2D eigenvalue weighted by atomic mass is 10.0. The van der Waals surface area contributed by atoms with E-state index in [0.717, 1.165) is 22.4 Å². The van der Waals surface area contributed by atoms with Crippen LogP contribution in [0.3, 0.4) is 0 Å². The van der Waals surface area contributed by atoms with Crippen LogP contribution in [-0.4, -0.2) is 40.0 Å². The molecule has 0 fully saturated rings. The quantitative estimate of drug-likeness (QED) is 0.839. The third-order valence-corrected chi connectivity index (χ3v) is 4.31. The Kier molecular flexibility index (Phi) is 4.70. The van der Waals surface area contributed by atoms with Crippen LogP contribution in [0.4, 0.5) is 0 Å². The summed E-state index contributed by atoms with van der Waals surface area (Å²) in [4.78, 5) is 26.9. The van der Waals surface area contributed by atoms with Gasteiger partial charge >= 0.3 is 0 Å². The molecular formula is C19H22N4O2. The molecule has 1 aliphatic rings. The van der Waals surface area contributed by atoms with E-state index in [9.17, 15) is 9.59 Å². The second kappa shape index (κ2) is 6.93. The van der Waals surface area contributed by atoms with Crippen molar-refractivity contribution in [2.45, 2.75) is 26.8 Å². The second-order valence-corrected chi connectivity index (χ2v) is 6.38. The molecule has 0 saturated heterocycles. The highest BCUT2D eigenvalue weighted by atomic mass is 16.2. The maximum atomic E-state index is 12.9. The van der Waals surface area contributed by atoms with Gasteiger partial charge in [0.25, 0.3) is 11.8 Å². The number of H-pyrrole nitrogens is 1. The minimum absolute atomic E-state index is 0.0175. The smallest absolute Gasteiger partial charge is 0.272 e. The van der Waals surface area contributed by atoms with Crippen LogP contribution in [0.25, 0.3) is 0 Å². The first kappa shape index (κ1) is 17.0. The Balaban J connectivity index is 1.82. The molecule has 2 amide bonds. The molecule has 3 rings (SSSR count). The van der Waals surface area contributed by atoms with Gasteiger partial charge < -0.3 is 10.2 Å². The van der Waals surface area contributed by atoms with Crippen LogP contribution < -0.4 is 5.32 Å². The number of rotatable bonds is 4. The molecule has 1 aromatic carbocycles. The summed E-state index contributed by atoms with van der Waals surface area (Å²) < 4.78 is 0. The Labute approximate surface area is 146 Å². The van der Waals surface area contributed by atoms with Crippen molar-refractivity contribution in [1.29, 1.82) is 0 Å². The van der Waals surface area contributed by atoms with E-state index >= 15 is 0 Å². The van der Waals surface area contributed by atoms with Crippen molar-refractivity contribution < 1.29 is 9.59 Å². The molecule has 2 N–H and O–H groups in total. The van der Waals surface area contributed by atoms with Gasteiger partial charge in [0.05, 0.1) is 6.54 Å². The fourth-order valence-corrected chi connectivity index (χ4v) is 3.19. The topological polar surface area (TPSA) is 78.1 Å². The van der Waals surface area contributed by atoms with E-state index in [1.807, 2.05) is 32.0 Å². The monoisotopic (exact) mass is 338 g/mol. The standard InChI is InChI=1S/C19H22N4O2/c1-4-6-20-18(24)17-15-11-23(7-5-16(15)21-22-17)19(25)14-9-12(2)8-13(3)10-14/h4,8-10H,1,5-7,11H2,2-3H3,(H,20,24)(H,21,22). The van der Waals surface area contributed by atoms with Crippen molar-refractivity contribution in [2.24, 2.45) is 0 Å². The van der Waals surface area contributed by atoms with Gasteiger partial charge in [0, 0.05) is 36.3 Å². The summed E-state index contributed by atoms with van der Waals surface area (Å²) in [5, 5.41) is 9.80. The number of amides is 2. The summed E-state index contributed by atoms with van der Waals surface area (Å²) in [6.45, 7) is 8.92. The normalized spacial score (nSPS) is 13.3. The molecule has 0 atom stereocenters. The molecule has 0 unspecified atom stereocenters. The number of aryl methyl sites for hydroxylation is 2. The number of fused-ring (bicyclic) bond motifs is 1. The van der Waals surface area contributed by atoms with E-state index in [0.29, 0.717) is 37.3 Å². The van der Waals surface area contributed by atoms with Gasteiger partial charge in [-0.3, -0.25) is 14.7 Å². The number of benzene rings is 1. The number of aromatic amines is 1. The highest BCUT2D eigenvalue weighted by Gasteiger charge is 2.28. The zero-order valence-corrected chi connectivity index (χ0v) is 14.6. The van der Waals surface area contributed by atoms with E-state index < -0.39 is 0 Å². The lowest BCUT2D eigenvalue weighted by Gasteiger charge is -2.27. The van der Waals surface area contributed by atoms with Crippen LogP contribution in [-0.2, 0) is 13.0 Å². The van der Waals surface area contributed by atoms with E-state index in [4.69, 9.17) is 0 Å². The lowest BCUT2D eigenvalue weighted by molar-refractivity contribution is 0.0731. The molecule has 6 nitrogen and oxygen atoms in total. The number of carbonyl (C=O) groups is 2. The van der Waals surface area contributed by atoms with Gasteiger partial charge in [-0.25, -0.2) is 0 Å². The molecule has 0 radical (unpaired) electrons. The summed E-state index contributed by atoms with van der Waals surface area (Å²) in [7, 11) is 0. The molecule has 2 heterocycles. The zero-order chi connectivity index (χ0) is 18.0. The number of nitrogens with zero attached hydrogens (tertiary/aromatic N) is 2. The van der Waals surface area contributed by atoms with Crippen molar-refractivity contribution in [3.05, 3.63) is 64.5 Å². The average molecular weight is 338 g/mol. The van der Waals surface area contributed by atoms with Gasteiger partial charge in [0.2, 0.25) is 0 Å². The van der Waals surface area contributed by atoms with Gasteiger partial charge in [-0.1, -0.05) is 23.3 Å². The summed E-state index contributed by atoms with van der Waals surface area (Å²) in [5.74, 6) is -0.269. The van der Waals surface area contributed by atoms with Crippen LogP contribution in [0.1, 0.15) is 43.2 Å². The molecular weight excluding hydrogens is 316 g/mol. The average Bonchev–Trinajstić information content (AvgIpc) is 3.01. The van der Waals surface area contributed by atoms with Crippen molar-refractivity contribution in [3.8, 4) is 0 Å². The van der Waals surface area contributed by atoms with Crippen LogP contribution in [0.2, 0.25) is 0 Å². The van der Waals surface area contributed by atoms with E-state index in [-0.39, 0.29) is 11.8 Å². The Bertz CT molecular complexity index is 818. The Morgan fingerprint density at radius 3 is 2.72 bits per heavy atom. The van der Waals surface area contributed by atoms with Crippen molar-refractivity contribution >= 4 is 11.8 Å². The van der Waals surface area contributed by atoms with Crippen molar-refractivity contribution in [2.75, 3.05) is 13.1 Å². The predicted molar refractivity (Wildman–Crippen MR) is 95.5 cm³/mol. The number of hydrogen-bond donors (Lipinski definition) is 2. The summed E-state index contributed by atoms with van der Waals surface area (Å²) in [6.07, 6.45) is 2.28. The maximum absolute atomic E-state index is 12.9. The first-order valence-corrected chi connectivity index (χ1v) is 8.32. The third-order valence-electron chi connectivity index (χ3n) is 4.31. The van der Waals surface area contributed by atoms with Crippen LogP contribution >= 0.6 is 0 Å². The Hall–Kier alpha value is -2.89. The molecule has 1 aromatic heterocycles. The van der Waals surface area contributed by atoms with Crippen molar-refractivity contribution in [1.82, 2.24) is 20.4 Å². The molecule has 25 heavy (non-hydrogen) atoms. The SMILES string of the molecule is C=CCNC(=O)c1n[nH]c2c1CN(C(=O)c1cc(C)cc(C)c1)CC2. The van der Waals surface area contributed by atoms with Crippen molar-refractivity contribution in [3.63, 3.8) is 0 Å². The molecule has 130 valence electrons. The highest BCUT2D eigenvalue weighted by molar-refractivity contribution is 5.96. The molecule has 0 aliphatic carbocycles. The van der Waals surface area contributed by atoms with Gasteiger partial charge in [-0.15, -0.1) is 6.58 Å². The fraction of sp³-hybridized carbons (Fsp3) is 0.316. The van der Waals surface area contributed by atoms with Gasteiger partial charge in [-0.2, -0.15) is 5.10 Å². The number of nitrogens with one attached hydrogen (secondary N) is 2. The number of carbonyl (C=O) groups excluding carboxylic acids is 2. The Morgan fingerprint density at radius 2 is 2.04 bits per heavy atom. The van der Waals surface area contributed by atoms with Crippen LogP contribution in [0, 0.1) is 13.8 Å². The minimum atomic E-state index is -0.252. The first-order valence-electron chi connectivity index (χ1n) is 8.32. The molecule has 0 saturated carbocycles. The van der Waals surface area contributed by atoms with E-state index in [2.05, 4.69) is 22.1 Å². The molecule has 2 aromatic rings. The number of aromatic nitrogens is 2. The minimum Gasteiger partial charge on any atom is -0.347 e. The van der Waals surface area contributed by atoms with Gasteiger partial charge in [0.15, 0.2) is 5.69 Å². The zero-order valence-electron chi connectivity index (χ0n) is 14.6. The van der Waals surface area contributed by atoms with E-state index in [1.54, 1.807) is 11.0 Å².